The molecule has 1 saturated heterocycles. The highest BCUT2D eigenvalue weighted by molar-refractivity contribution is 5.97. The molecule has 1 fully saturated rings. The molecule has 1 aliphatic rings. The summed E-state index contributed by atoms with van der Waals surface area (Å²) in [6, 6.07) is 14.8. The average Bonchev–Trinajstić information content (AvgIpc) is 2.73. The number of likely N-dealkylation sites (tertiary alicyclic amines) is 1. The van der Waals surface area contributed by atoms with Crippen LogP contribution in [0.15, 0.2) is 48.5 Å². The van der Waals surface area contributed by atoms with E-state index in [1.807, 2.05) is 43.3 Å². The van der Waals surface area contributed by atoms with Gasteiger partial charge in [0.2, 0.25) is 0 Å². The van der Waals surface area contributed by atoms with E-state index in [4.69, 9.17) is 9.47 Å². The van der Waals surface area contributed by atoms with Gasteiger partial charge in [0, 0.05) is 19.1 Å². The normalized spacial score (nSPS) is 14.4. The number of nitrogens with one attached hydrogen (secondary N) is 1. The Morgan fingerprint density at radius 2 is 1.75 bits per heavy atom. The quantitative estimate of drug-likeness (QED) is 0.834. The molecule has 1 N–H and O–H groups in total. The fraction of sp³-hybridized carbons (Fsp3) is 0.364. The molecule has 0 spiro atoms. The zero-order valence-corrected chi connectivity index (χ0v) is 16.3. The molecule has 0 aliphatic carbocycles. The Balaban J connectivity index is 1.45. The SMILES string of the molecule is COc1ccccc1C(=O)NC1CCN(C(=O)COc2ccc(C)cc2)CC1. The predicted octanol–water partition coefficient (Wildman–Crippen LogP) is 2.80. The summed E-state index contributed by atoms with van der Waals surface area (Å²) in [7, 11) is 1.55. The first-order chi connectivity index (χ1) is 13.6. The molecule has 2 amide bonds. The number of amides is 2. The van der Waals surface area contributed by atoms with Crippen molar-refractivity contribution in [3.8, 4) is 11.5 Å². The van der Waals surface area contributed by atoms with E-state index in [2.05, 4.69) is 5.32 Å². The Bertz CT molecular complexity index is 812. The highest BCUT2D eigenvalue weighted by Crippen LogP contribution is 2.19. The van der Waals surface area contributed by atoms with Crippen molar-refractivity contribution in [2.75, 3.05) is 26.8 Å². The Morgan fingerprint density at radius 3 is 2.43 bits per heavy atom. The topological polar surface area (TPSA) is 67.9 Å². The molecular weight excluding hydrogens is 356 g/mol. The van der Waals surface area contributed by atoms with Gasteiger partial charge in [-0.25, -0.2) is 0 Å². The molecule has 0 atom stereocenters. The van der Waals surface area contributed by atoms with Gasteiger partial charge in [-0.1, -0.05) is 29.8 Å². The molecule has 2 aromatic rings. The Hall–Kier alpha value is -3.02. The van der Waals surface area contributed by atoms with Crippen molar-refractivity contribution in [2.24, 2.45) is 0 Å². The minimum atomic E-state index is -0.148. The third-order valence-corrected chi connectivity index (χ3v) is 4.92. The summed E-state index contributed by atoms with van der Waals surface area (Å²) in [5.74, 6) is 1.07. The highest BCUT2D eigenvalue weighted by Gasteiger charge is 2.25. The van der Waals surface area contributed by atoms with E-state index in [9.17, 15) is 9.59 Å². The number of para-hydroxylation sites is 1. The molecule has 0 saturated carbocycles. The fourth-order valence-corrected chi connectivity index (χ4v) is 3.24. The van der Waals surface area contributed by atoms with Gasteiger partial charge in [0.1, 0.15) is 11.5 Å². The molecule has 3 rings (SSSR count). The molecule has 0 unspecified atom stereocenters. The first-order valence-corrected chi connectivity index (χ1v) is 9.48. The first-order valence-electron chi connectivity index (χ1n) is 9.48. The predicted molar refractivity (Wildman–Crippen MR) is 107 cm³/mol. The second-order valence-corrected chi connectivity index (χ2v) is 6.93. The largest absolute Gasteiger partial charge is 0.496 e. The van der Waals surface area contributed by atoms with Crippen LogP contribution in [0.25, 0.3) is 0 Å². The minimum absolute atomic E-state index is 0.0291. The van der Waals surface area contributed by atoms with Gasteiger partial charge in [0.15, 0.2) is 6.61 Å². The zero-order chi connectivity index (χ0) is 19.9. The standard InChI is InChI=1S/C22H26N2O4/c1-16-7-9-18(10-8-16)28-15-21(25)24-13-11-17(12-14-24)23-22(26)19-5-3-4-6-20(19)27-2/h3-10,17H,11-15H2,1-2H3,(H,23,26). The van der Waals surface area contributed by atoms with Gasteiger partial charge in [-0.3, -0.25) is 9.59 Å². The van der Waals surface area contributed by atoms with Crippen molar-refractivity contribution in [3.05, 3.63) is 59.7 Å². The lowest BCUT2D eigenvalue weighted by molar-refractivity contribution is -0.134. The van der Waals surface area contributed by atoms with Gasteiger partial charge in [0.25, 0.3) is 11.8 Å². The van der Waals surface area contributed by atoms with Crippen LogP contribution in [0.2, 0.25) is 0 Å². The third-order valence-electron chi connectivity index (χ3n) is 4.92. The molecule has 6 nitrogen and oxygen atoms in total. The van der Waals surface area contributed by atoms with E-state index < -0.39 is 0 Å². The lowest BCUT2D eigenvalue weighted by Crippen LogP contribution is -2.47. The van der Waals surface area contributed by atoms with E-state index in [-0.39, 0.29) is 24.5 Å². The van der Waals surface area contributed by atoms with Crippen molar-refractivity contribution >= 4 is 11.8 Å². The number of benzene rings is 2. The number of carbonyl (C=O) groups excluding carboxylic acids is 2. The molecule has 0 aromatic heterocycles. The Morgan fingerprint density at radius 1 is 1.07 bits per heavy atom. The summed E-state index contributed by atoms with van der Waals surface area (Å²) in [5.41, 5.74) is 1.67. The van der Waals surface area contributed by atoms with E-state index in [0.717, 1.165) is 18.4 Å². The van der Waals surface area contributed by atoms with Crippen LogP contribution in [0.4, 0.5) is 0 Å². The summed E-state index contributed by atoms with van der Waals surface area (Å²) in [4.78, 5) is 26.7. The van der Waals surface area contributed by atoms with Crippen molar-refractivity contribution in [1.29, 1.82) is 0 Å². The zero-order valence-electron chi connectivity index (χ0n) is 16.3. The second kappa shape index (κ2) is 9.26. The maximum absolute atomic E-state index is 12.5. The maximum atomic E-state index is 12.5. The Kier molecular flexibility index (Phi) is 6.53. The van der Waals surface area contributed by atoms with Crippen LogP contribution in [0.3, 0.4) is 0 Å². The van der Waals surface area contributed by atoms with Crippen molar-refractivity contribution in [1.82, 2.24) is 10.2 Å². The van der Waals surface area contributed by atoms with Gasteiger partial charge in [-0.15, -0.1) is 0 Å². The molecule has 1 heterocycles. The van der Waals surface area contributed by atoms with Crippen LogP contribution >= 0.6 is 0 Å². The van der Waals surface area contributed by atoms with E-state index >= 15 is 0 Å². The molecule has 6 heteroatoms. The minimum Gasteiger partial charge on any atom is -0.496 e. The van der Waals surface area contributed by atoms with Crippen molar-refractivity contribution in [2.45, 2.75) is 25.8 Å². The molecular formula is C22H26N2O4. The Labute approximate surface area is 165 Å². The van der Waals surface area contributed by atoms with Crippen LogP contribution in [0, 0.1) is 6.92 Å². The maximum Gasteiger partial charge on any atom is 0.260 e. The fourth-order valence-electron chi connectivity index (χ4n) is 3.24. The van der Waals surface area contributed by atoms with Crippen LogP contribution in [-0.2, 0) is 4.79 Å². The smallest absolute Gasteiger partial charge is 0.260 e. The van der Waals surface area contributed by atoms with E-state index in [0.29, 0.717) is 30.2 Å². The molecule has 28 heavy (non-hydrogen) atoms. The van der Waals surface area contributed by atoms with Crippen molar-refractivity contribution in [3.63, 3.8) is 0 Å². The monoisotopic (exact) mass is 382 g/mol. The van der Waals surface area contributed by atoms with Gasteiger partial charge in [-0.2, -0.15) is 0 Å². The van der Waals surface area contributed by atoms with Gasteiger partial charge in [0.05, 0.1) is 12.7 Å². The summed E-state index contributed by atoms with van der Waals surface area (Å²) >= 11 is 0. The number of hydrogen-bond acceptors (Lipinski definition) is 4. The molecule has 1 aliphatic heterocycles. The lowest BCUT2D eigenvalue weighted by atomic mass is 10.0. The van der Waals surface area contributed by atoms with Crippen molar-refractivity contribution < 1.29 is 19.1 Å². The lowest BCUT2D eigenvalue weighted by Gasteiger charge is -2.32. The summed E-state index contributed by atoms with van der Waals surface area (Å²) < 4.78 is 10.8. The third kappa shape index (κ3) is 5.03. The number of rotatable bonds is 6. The highest BCUT2D eigenvalue weighted by atomic mass is 16.5. The first kappa shape index (κ1) is 19.7. The number of aryl methyl sites for hydroxylation is 1. The van der Waals surface area contributed by atoms with E-state index in [1.165, 1.54) is 0 Å². The van der Waals surface area contributed by atoms with E-state index in [1.54, 1.807) is 24.1 Å². The van der Waals surface area contributed by atoms with Gasteiger partial charge >= 0.3 is 0 Å². The number of hydrogen-bond donors (Lipinski definition) is 1. The van der Waals surface area contributed by atoms with Crippen LogP contribution in [0.5, 0.6) is 11.5 Å². The molecule has 0 bridgehead atoms. The van der Waals surface area contributed by atoms with Crippen LogP contribution in [0.1, 0.15) is 28.8 Å². The number of nitrogens with zero attached hydrogens (tertiary/aromatic N) is 1. The molecule has 0 radical (unpaired) electrons. The number of methoxy groups -OCH3 is 1. The molecule has 148 valence electrons. The second-order valence-electron chi connectivity index (χ2n) is 6.93. The average molecular weight is 382 g/mol. The van der Waals surface area contributed by atoms with Crippen LogP contribution in [-0.4, -0.2) is 49.6 Å². The summed E-state index contributed by atoms with van der Waals surface area (Å²) in [6.45, 7) is 3.24. The number of piperidine rings is 1. The molecule has 2 aromatic carbocycles. The number of carbonyl (C=O) groups is 2. The van der Waals surface area contributed by atoms with Gasteiger partial charge < -0.3 is 19.7 Å². The van der Waals surface area contributed by atoms with Gasteiger partial charge in [-0.05, 0) is 44.0 Å². The van der Waals surface area contributed by atoms with Crippen LogP contribution < -0.4 is 14.8 Å². The summed E-state index contributed by atoms with van der Waals surface area (Å²) in [6.07, 6.45) is 1.44. The number of ether oxygens (including phenoxy) is 2. The summed E-state index contributed by atoms with van der Waals surface area (Å²) in [5, 5.41) is 3.04.